The van der Waals surface area contributed by atoms with Crippen LogP contribution >= 0.6 is 11.6 Å². The monoisotopic (exact) mass is 298 g/mol. The van der Waals surface area contributed by atoms with Gasteiger partial charge in [-0.2, -0.15) is 0 Å². The summed E-state index contributed by atoms with van der Waals surface area (Å²) in [6.07, 6.45) is 1.31. The number of aliphatic hydroxyl groups is 1. The van der Waals surface area contributed by atoms with E-state index in [9.17, 15) is 9.90 Å². The Bertz CT molecular complexity index is 553. The van der Waals surface area contributed by atoms with E-state index >= 15 is 0 Å². The summed E-state index contributed by atoms with van der Waals surface area (Å²) in [4.78, 5) is 17.0. The molecule has 1 aromatic rings. The summed E-state index contributed by atoms with van der Waals surface area (Å²) in [5.41, 5.74) is -0.186. The van der Waals surface area contributed by atoms with E-state index in [1.165, 1.54) is 12.3 Å². The zero-order valence-electron chi connectivity index (χ0n) is 10.8. The molecule has 6 nitrogen and oxygen atoms in total. The molecule has 2 aliphatic rings. The Morgan fingerprint density at radius 2 is 2.45 bits per heavy atom. The minimum atomic E-state index is -1.05. The number of fused-ring (bicyclic) bond motifs is 1. The number of hydrogen-bond acceptors (Lipinski definition) is 5. The lowest BCUT2D eigenvalue weighted by molar-refractivity contribution is 0.0696. The molecular formula is C13H15ClN2O4. The molecule has 1 aromatic heterocycles. The number of pyridine rings is 1. The fourth-order valence-corrected chi connectivity index (χ4v) is 3.28. The van der Waals surface area contributed by atoms with E-state index in [0.717, 1.165) is 0 Å². The van der Waals surface area contributed by atoms with Crippen LogP contribution in [0.2, 0.25) is 5.02 Å². The van der Waals surface area contributed by atoms with Gasteiger partial charge in [-0.3, -0.25) is 0 Å². The normalized spacial score (nSPS) is 28.7. The van der Waals surface area contributed by atoms with Crippen LogP contribution in [0.3, 0.4) is 0 Å². The number of hydrogen-bond donors (Lipinski definition) is 2. The van der Waals surface area contributed by atoms with Crippen LogP contribution in [0.5, 0.6) is 0 Å². The minimum absolute atomic E-state index is 0.0679. The number of nitrogens with zero attached hydrogens (tertiary/aromatic N) is 2. The third-order valence-corrected chi connectivity index (χ3v) is 4.48. The summed E-state index contributed by atoms with van der Waals surface area (Å²) in [6, 6.07) is 1.41. The zero-order valence-corrected chi connectivity index (χ0v) is 11.5. The van der Waals surface area contributed by atoms with Crippen molar-refractivity contribution in [1.82, 2.24) is 4.98 Å². The van der Waals surface area contributed by atoms with Gasteiger partial charge in [0.15, 0.2) is 0 Å². The number of aromatic nitrogens is 1. The van der Waals surface area contributed by atoms with Crippen LogP contribution < -0.4 is 4.90 Å². The minimum Gasteiger partial charge on any atom is -0.478 e. The summed E-state index contributed by atoms with van der Waals surface area (Å²) >= 11 is 6.14. The smallest absolute Gasteiger partial charge is 0.337 e. The van der Waals surface area contributed by atoms with Crippen LogP contribution in [-0.4, -0.2) is 54.1 Å². The number of halogens is 1. The van der Waals surface area contributed by atoms with E-state index in [1.807, 2.05) is 4.90 Å². The second-order valence-electron chi connectivity index (χ2n) is 5.45. The molecule has 0 bridgehead atoms. The van der Waals surface area contributed by atoms with Gasteiger partial charge in [-0.25, -0.2) is 9.78 Å². The highest BCUT2D eigenvalue weighted by atomic mass is 35.5. The average Bonchev–Trinajstić information content (AvgIpc) is 2.95. The fourth-order valence-electron chi connectivity index (χ4n) is 3.00. The van der Waals surface area contributed by atoms with Crippen LogP contribution in [0, 0.1) is 11.3 Å². The van der Waals surface area contributed by atoms with Crippen LogP contribution in [0.25, 0.3) is 0 Å². The number of rotatable bonds is 3. The van der Waals surface area contributed by atoms with Crippen molar-refractivity contribution in [3.05, 3.63) is 22.8 Å². The van der Waals surface area contributed by atoms with E-state index in [4.69, 9.17) is 21.4 Å². The highest BCUT2D eigenvalue weighted by molar-refractivity contribution is 6.33. The van der Waals surface area contributed by atoms with Crippen molar-refractivity contribution in [1.29, 1.82) is 0 Å². The van der Waals surface area contributed by atoms with Crippen molar-refractivity contribution in [2.75, 3.05) is 37.8 Å². The first-order valence-corrected chi connectivity index (χ1v) is 6.76. The predicted octanol–water partition coefficient (Wildman–Crippen LogP) is 0.878. The van der Waals surface area contributed by atoms with E-state index in [2.05, 4.69) is 4.98 Å². The van der Waals surface area contributed by atoms with Crippen molar-refractivity contribution in [3.8, 4) is 0 Å². The summed E-state index contributed by atoms with van der Waals surface area (Å²) < 4.78 is 5.45. The summed E-state index contributed by atoms with van der Waals surface area (Å²) in [5.74, 6) is -0.229. The zero-order chi connectivity index (χ0) is 14.3. The average molecular weight is 299 g/mol. The van der Waals surface area contributed by atoms with Gasteiger partial charge in [0.05, 0.1) is 30.4 Å². The second-order valence-corrected chi connectivity index (χ2v) is 5.85. The van der Waals surface area contributed by atoms with E-state index in [1.54, 1.807) is 0 Å². The van der Waals surface area contributed by atoms with Crippen molar-refractivity contribution < 1.29 is 19.7 Å². The molecule has 3 heterocycles. The third kappa shape index (κ3) is 2.04. The molecule has 2 aliphatic heterocycles. The van der Waals surface area contributed by atoms with Gasteiger partial charge in [0, 0.05) is 30.6 Å². The van der Waals surface area contributed by atoms with Crippen LogP contribution in [0.15, 0.2) is 12.3 Å². The molecular weight excluding hydrogens is 284 g/mol. The molecule has 0 saturated carbocycles. The molecule has 20 heavy (non-hydrogen) atoms. The topological polar surface area (TPSA) is 82.9 Å². The molecule has 0 aliphatic carbocycles. The summed E-state index contributed by atoms with van der Waals surface area (Å²) in [5, 5.41) is 18.9. The highest BCUT2D eigenvalue weighted by Gasteiger charge is 2.50. The molecule has 0 spiro atoms. The SMILES string of the molecule is O=C(O)c1cnc(N2C[C@H]3COC[C@@]3(CO)C2)c(Cl)c1. The molecule has 108 valence electrons. The van der Waals surface area contributed by atoms with E-state index < -0.39 is 5.97 Å². The largest absolute Gasteiger partial charge is 0.478 e. The first-order chi connectivity index (χ1) is 9.55. The molecule has 0 unspecified atom stereocenters. The van der Waals surface area contributed by atoms with Crippen molar-refractivity contribution >= 4 is 23.4 Å². The maximum absolute atomic E-state index is 10.9. The first-order valence-electron chi connectivity index (χ1n) is 6.38. The van der Waals surface area contributed by atoms with E-state index in [0.29, 0.717) is 37.1 Å². The molecule has 0 radical (unpaired) electrons. The Balaban J connectivity index is 1.86. The number of aliphatic hydroxyl groups excluding tert-OH is 1. The van der Waals surface area contributed by atoms with E-state index in [-0.39, 0.29) is 23.5 Å². The predicted molar refractivity (Wildman–Crippen MR) is 72.2 cm³/mol. The quantitative estimate of drug-likeness (QED) is 0.862. The van der Waals surface area contributed by atoms with Gasteiger partial charge in [0.25, 0.3) is 0 Å². The Kier molecular flexibility index (Phi) is 3.32. The second kappa shape index (κ2) is 4.87. The molecule has 0 amide bonds. The number of aromatic carboxylic acids is 1. The lowest BCUT2D eigenvalue weighted by Crippen LogP contribution is -2.34. The summed E-state index contributed by atoms with van der Waals surface area (Å²) in [7, 11) is 0. The van der Waals surface area contributed by atoms with Crippen LogP contribution in [-0.2, 0) is 4.74 Å². The van der Waals surface area contributed by atoms with Crippen LogP contribution in [0.1, 0.15) is 10.4 Å². The third-order valence-electron chi connectivity index (χ3n) is 4.20. The first kappa shape index (κ1) is 13.6. The number of anilines is 1. The Morgan fingerprint density at radius 3 is 3.05 bits per heavy atom. The lowest BCUT2D eigenvalue weighted by Gasteiger charge is -2.25. The van der Waals surface area contributed by atoms with Crippen molar-refractivity contribution in [2.45, 2.75) is 0 Å². The van der Waals surface area contributed by atoms with Gasteiger partial charge in [-0.1, -0.05) is 11.6 Å². The van der Waals surface area contributed by atoms with Gasteiger partial charge in [0.1, 0.15) is 5.82 Å². The molecule has 7 heteroatoms. The fraction of sp³-hybridized carbons (Fsp3) is 0.538. The molecule has 2 fully saturated rings. The molecule has 0 aromatic carbocycles. The molecule has 2 atom stereocenters. The van der Waals surface area contributed by atoms with Gasteiger partial charge >= 0.3 is 5.97 Å². The number of carboxylic acid groups (broad SMARTS) is 1. The Labute approximate surface area is 120 Å². The molecule has 3 rings (SSSR count). The number of carboxylic acids is 1. The van der Waals surface area contributed by atoms with Gasteiger partial charge in [-0.15, -0.1) is 0 Å². The highest BCUT2D eigenvalue weighted by Crippen LogP contribution is 2.43. The van der Waals surface area contributed by atoms with Crippen LogP contribution in [0.4, 0.5) is 5.82 Å². The van der Waals surface area contributed by atoms with Crippen molar-refractivity contribution in [3.63, 3.8) is 0 Å². The Hall–Kier alpha value is -1.37. The summed E-state index contributed by atoms with van der Waals surface area (Å²) in [6.45, 7) is 2.56. The van der Waals surface area contributed by atoms with Gasteiger partial charge in [-0.05, 0) is 6.07 Å². The van der Waals surface area contributed by atoms with Gasteiger partial charge < -0.3 is 19.8 Å². The van der Waals surface area contributed by atoms with Gasteiger partial charge in [0.2, 0.25) is 0 Å². The maximum Gasteiger partial charge on any atom is 0.337 e. The molecule has 2 N–H and O–H groups in total. The lowest BCUT2D eigenvalue weighted by atomic mass is 9.82. The maximum atomic E-state index is 10.9. The number of ether oxygens (including phenoxy) is 1. The Morgan fingerprint density at radius 1 is 1.65 bits per heavy atom. The number of carbonyl (C=O) groups is 1. The van der Waals surface area contributed by atoms with Crippen molar-refractivity contribution in [2.24, 2.45) is 11.3 Å². The molecule has 2 saturated heterocycles. The standard InChI is InChI=1S/C13H15ClN2O4/c14-10-1-8(12(18)19)2-15-11(10)16-3-9-4-20-7-13(9,5-16)6-17/h1-2,9,17H,3-7H2,(H,18,19)/t9-,13-/m0/s1.